The van der Waals surface area contributed by atoms with Gasteiger partial charge in [0.2, 0.25) is 5.91 Å². The zero-order valence-corrected chi connectivity index (χ0v) is 14.8. The Kier molecular flexibility index (Phi) is 5.13. The van der Waals surface area contributed by atoms with E-state index < -0.39 is 36.1 Å². The molecule has 27 heavy (non-hydrogen) atoms. The fourth-order valence-electron chi connectivity index (χ4n) is 3.43. The van der Waals surface area contributed by atoms with Gasteiger partial charge in [-0.25, -0.2) is 9.59 Å². The van der Waals surface area contributed by atoms with Crippen molar-refractivity contribution in [2.75, 3.05) is 6.54 Å². The Morgan fingerprint density at radius 3 is 2.56 bits per heavy atom. The molecule has 3 N–H and O–H groups in total. The predicted octanol–water partition coefficient (Wildman–Crippen LogP) is -0.284. The molecule has 144 valence electrons. The number of hydrogen-bond acceptors (Lipinski definition) is 5. The highest BCUT2D eigenvalue weighted by Crippen LogP contribution is 2.29. The average Bonchev–Trinajstić information content (AvgIpc) is 2.86. The zero-order chi connectivity index (χ0) is 19.7. The minimum absolute atomic E-state index is 0.140. The number of aliphatic hydroxyl groups excluding tert-OH is 1. The van der Waals surface area contributed by atoms with Crippen LogP contribution >= 0.6 is 0 Å². The number of carbonyl (C=O) groups excluding carboxylic acids is 3. The lowest BCUT2D eigenvalue weighted by Gasteiger charge is -2.28. The van der Waals surface area contributed by atoms with Crippen molar-refractivity contribution in [2.24, 2.45) is 0 Å². The zero-order valence-electron chi connectivity index (χ0n) is 14.8. The number of hydrogen-bond donors (Lipinski definition) is 3. The molecule has 0 aliphatic carbocycles. The lowest BCUT2D eigenvalue weighted by molar-refractivity contribution is -0.145. The molecule has 4 amide bonds. The van der Waals surface area contributed by atoms with Gasteiger partial charge in [0.15, 0.2) is 6.04 Å². The standard InChI is InChI=1S/C18H21N3O6/c1-10(22)15(17(25)26)19-14(23)6-7-20-16(24)13-8-11-4-2-3-5-12(11)9-21(13)18(20)27/h2-5,10,13,15,22H,6-9H2,1H3,(H,19,23)(H,25,26)/t10?,13-,15-/m0/s1. The molecule has 2 aliphatic heterocycles. The Balaban J connectivity index is 1.62. The highest BCUT2D eigenvalue weighted by molar-refractivity contribution is 6.05. The molecule has 1 aromatic carbocycles. The number of urea groups is 1. The number of fused-ring (bicyclic) bond motifs is 2. The predicted molar refractivity (Wildman–Crippen MR) is 92.5 cm³/mol. The summed E-state index contributed by atoms with van der Waals surface area (Å²) in [4.78, 5) is 50.7. The molecule has 3 rings (SSSR count). The van der Waals surface area contributed by atoms with E-state index in [1.165, 1.54) is 11.8 Å². The van der Waals surface area contributed by atoms with Crippen LogP contribution in [-0.4, -0.2) is 68.6 Å². The maximum atomic E-state index is 12.6. The maximum Gasteiger partial charge on any atom is 0.328 e. The Labute approximate surface area is 155 Å². The van der Waals surface area contributed by atoms with Gasteiger partial charge in [-0.15, -0.1) is 0 Å². The summed E-state index contributed by atoms with van der Waals surface area (Å²) in [5.41, 5.74) is 2.02. The van der Waals surface area contributed by atoms with E-state index in [-0.39, 0.29) is 18.9 Å². The van der Waals surface area contributed by atoms with Crippen molar-refractivity contribution in [3.8, 4) is 0 Å². The first kappa shape index (κ1) is 18.8. The van der Waals surface area contributed by atoms with E-state index in [1.54, 1.807) is 0 Å². The third kappa shape index (κ3) is 3.63. The molecular formula is C18H21N3O6. The number of aliphatic carboxylic acids is 1. The molecule has 1 unspecified atom stereocenters. The summed E-state index contributed by atoms with van der Waals surface area (Å²) in [6.07, 6.45) is -1.07. The smallest absolute Gasteiger partial charge is 0.328 e. The molecular weight excluding hydrogens is 354 g/mol. The van der Waals surface area contributed by atoms with Gasteiger partial charge >= 0.3 is 12.0 Å². The molecule has 0 bridgehead atoms. The number of nitrogens with one attached hydrogen (secondary N) is 1. The number of carboxylic acid groups (broad SMARTS) is 1. The van der Waals surface area contributed by atoms with Crippen molar-refractivity contribution in [1.82, 2.24) is 15.1 Å². The fourth-order valence-corrected chi connectivity index (χ4v) is 3.43. The molecule has 1 fully saturated rings. The molecule has 3 atom stereocenters. The van der Waals surface area contributed by atoms with E-state index in [2.05, 4.69) is 5.32 Å². The second-order valence-electron chi connectivity index (χ2n) is 6.76. The first-order valence-corrected chi connectivity index (χ1v) is 8.68. The van der Waals surface area contributed by atoms with Crippen molar-refractivity contribution >= 4 is 23.8 Å². The van der Waals surface area contributed by atoms with Crippen LogP contribution in [0.15, 0.2) is 24.3 Å². The largest absolute Gasteiger partial charge is 0.480 e. The van der Waals surface area contributed by atoms with Crippen molar-refractivity contribution in [3.05, 3.63) is 35.4 Å². The number of benzene rings is 1. The van der Waals surface area contributed by atoms with Crippen molar-refractivity contribution in [3.63, 3.8) is 0 Å². The molecule has 1 aromatic rings. The van der Waals surface area contributed by atoms with Crippen LogP contribution in [0.25, 0.3) is 0 Å². The molecule has 1 saturated heterocycles. The van der Waals surface area contributed by atoms with E-state index in [0.717, 1.165) is 16.0 Å². The van der Waals surface area contributed by atoms with Gasteiger partial charge < -0.3 is 20.4 Å². The van der Waals surface area contributed by atoms with Crippen LogP contribution in [0.5, 0.6) is 0 Å². The monoisotopic (exact) mass is 375 g/mol. The minimum Gasteiger partial charge on any atom is -0.480 e. The Morgan fingerprint density at radius 1 is 1.26 bits per heavy atom. The summed E-state index contributed by atoms with van der Waals surface area (Å²) in [6, 6.07) is 5.16. The van der Waals surface area contributed by atoms with E-state index >= 15 is 0 Å². The van der Waals surface area contributed by atoms with Crippen LogP contribution in [0.4, 0.5) is 4.79 Å². The van der Waals surface area contributed by atoms with Crippen LogP contribution in [0.2, 0.25) is 0 Å². The number of carboxylic acids is 1. The molecule has 9 nitrogen and oxygen atoms in total. The molecule has 0 spiro atoms. The average molecular weight is 375 g/mol. The highest BCUT2D eigenvalue weighted by atomic mass is 16.4. The molecule has 0 aromatic heterocycles. The molecule has 2 heterocycles. The number of imide groups is 1. The Bertz CT molecular complexity index is 750. The number of nitrogens with zero attached hydrogens (tertiary/aromatic N) is 2. The second-order valence-corrected chi connectivity index (χ2v) is 6.76. The first-order valence-electron chi connectivity index (χ1n) is 8.68. The minimum atomic E-state index is -1.44. The summed E-state index contributed by atoms with van der Waals surface area (Å²) in [5.74, 6) is -2.37. The number of aliphatic hydroxyl groups is 1. The normalized spacial score (nSPS) is 20.7. The summed E-state index contributed by atoms with van der Waals surface area (Å²) < 4.78 is 0. The molecule has 0 saturated carbocycles. The first-order chi connectivity index (χ1) is 12.8. The third-order valence-electron chi connectivity index (χ3n) is 4.90. The van der Waals surface area contributed by atoms with E-state index in [1.807, 2.05) is 24.3 Å². The third-order valence-corrected chi connectivity index (χ3v) is 4.90. The molecule has 9 heteroatoms. The molecule has 0 radical (unpaired) electrons. The summed E-state index contributed by atoms with van der Waals surface area (Å²) >= 11 is 0. The van der Waals surface area contributed by atoms with Gasteiger partial charge in [0.25, 0.3) is 5.91 Å². The van der Waals surface area contributed by atoms with Crippen LogP contribution in [0.1, 0.15) is 24.5 Å². The van der Waals surface area contributed by atoms with Crippen molar-refractivity contribution in [2.45, 2.75) is 44.5 Å². The number of rotatable bonds is 6. The van der Waals surface area contributed by atoms with E-state index in [0.29, 0.717) is 13.0 Å². The lowest BCUT2D eigenvalue weighted by Crippen LogP contribution is -2.48. The van der Waals surface area contributed by atoms with Gasteiger partial charge in [-0.05, 0) is 18.1 Å². The van der Waals surface area contributed by atoms with Crippen LogP contribution in [0.3, 0.4) is 0 Å². The number of carbonyl (C=O) groups is 4. The van der Waals surface area contributed by atoms with Gasteiger partial charge in [0.1, 0.15) is 6.04 Å². The van der Waals surface area contributed by atoms with Crippen molar-refractivity contribution < 1.29 is 29.4 Å². The topological polar surface area (TPSA) is 127 Å². The van der Waals surface area contributed by atoms with Crippen LogP contribution < -0.4 is 5.32 Å². The van der Waals surface area contributed by atoms with Gasteiger partial charge in [-0.2, -0.15) is 0 Å². The quantitative estimate of drug-likeness (QED) is 0.587. The van der Waals surface area contributed by atoms with Crippen LogP contribution in [-0.2, 0) is 27.3 Å². The Morgan fingerprint density at radius 2 is 1.93 bits per heavy atom. The second kappa shape index (κ2) is 7.36. The number of amides is 4. The molecule has 2 aliphatic rings. The summed E-state index contributed by atoms with van der Waals surface area (Å²) in [6.45, 7) is 1.46. The maximum absolute atomic E-state index is 12.6. The SMILES string of the molecule is CC(O)[C@H](NC(=O)CCN1C(=O)[C@@H]2Cc3ccccc3CN2C1=O)C(=O)O. The van der Waals surface area contributed by atoms with Gasteiger partial charge in [0.05, 0.1) is 6.10 Å². The summed E-state index contributed by atoms with van der Waals surface area (Å²) in [5, 5.41) is 20.6. The van der Waals surface area contributed by atoms with Crippen LogP contribution in [0, 0.1) is 0 Å². The van der Waals surface area contributed by atoms with Gasteiger partial charge in [-0.3, -0.25) is 14.5 Å². The van der Waals surface area contributed by atoms with E-state index in [4.69, 9.17) is 5.11 Å². The fraction of sp³-hybridized carbons (Fsp3) is 0.444. The highest BCUT2D eigenvalue weighted by Gasteiger charge is 2.46. The Hall–Kier alpha value is -2.94. The van der Waals surface area contributed by atoms with Gasteiger partial charge in [0, 0.05) is 25.9 Å². The van der Waals surface area contributed by atoms with E-state index in [9.17, 15) is 24.3 Å². The summed E-state index contributed by atoms with van der Waals surface area (Å²) in [7, 11) is 0. The lowest BCUT2D eigenvalue weighted by atomic mass is 9.95. The van der Waals surface area contributed by atoms with Gasteiger partial charge in [-0.1, -0.05) is 24.3 Å². The van der Waals surface area contributed by atoms with Crippen molar-refractivity contribution in [1.29, 1.82) is 0 Å².